The van der Waals surface area contributed by atoms with Crippen LogP contribution >= 0.6 is 0 Å². The van der Waals surface area contributed by atoms with Gasteiger partial charge in [-0.1, -0.05) is 24.3 Å². The van der Waals surface area contributed by atoms with Crippen molar-refractivity contribution in [3.05, 3.63) is 82.7 Å². The molecule has 0 saturated carbocycles. The summed E-state index contributed by atoms with van der Waals surface area (Å²) in [6.07, 6.45) is 3.40. The van der Waals surface area contributed by atoms with Crippen molar-refractivity contribution in [1.82, 2.24) is 24.5 Å². The fraction of sp³-hybridized carbons (Fsp3) is 0.111. The molecule has 1 aromatic carbocycles. The lowest BCUT2D eigenvalue weighted by molar-refractivity contribution is 0.624. The molecule has 0 aliphatic heterocycles. The lowest BCUT2D eigenvalue weighted by atomic mass is 10.2. The quantitative estimate of drug-likeness (QED) is 0.582. The number of benzene rings is 1. The summed E-state index contributed by atoms with van der Waals surface area (Å²) < 4.78 is 3.11. The van der Waals surface area contributed by atoms with Crippen molar-refractivity contribution in [2.75, 3.05) is 0 Å². The van der Waals surface area contributed by atoms with E-state index in [1.165, 1.54) is 4.68 Å². The Balaban J connectivity index is 1.92. The van der Waals surface area contributed by atoms with Gasteiger partial charge in [-0.25, -0.2) is 9.36 Å². The maximum absolute atomic E-state index is 13.0. The van der Waals surface area contributed by atoms with Crippen LogP contribution in [0.25, 0.3) is 16.6 Å². The first-order valence-electron chi connectivity index (χ1n) is 7.65. The topological polar surface area (TPSA) is 65.6 Å². The SMILES string of the molecule is Cc1nn(Cc2ccccn2)c(=O)c2c1cnn2-c1ccccc1. The molecule has 0 spiro atoms. The Morgan fingerprint density at radius 3 is 2.58 bits per heavy atom. The summed E-state index contributed by atoms with van der Waals surface area (Å²) in [7, 11) is 0. The second-order valence-electron chi connectivity index (χ2n) is 5.52. The molecule has 4 rings (SSSR count). The summed E-state index contributed by atoms with van der Waals surface area (Å²) >= 11 is 0. The number of rotatable bonds is 3. The molecule has 0 aliphatic carbocycles. The molecule has 0 saturated heterocycles. The van der Waals surface area contributed by atoms with Crippen LogP contribution in [0.4, 0.5) is 0 Å². The van der Waals surface area contributed by atoms with Gasteiger partial charge in [0, 0.05) is 11.6 Å². The highest BCUT2D eigenvalue weighted by atomic mass is 16.1. The van der Waals surface area contributed by atoms with E-state index in [-0.39, 0.29) is 5.56 Å². The summed E-state index contributed by atoms with van der Waals surface area (Å²) in [4.78, 5) is 17.2. The maximum atomic E-state index is 13.0. The van der Waals surface area contributed by atoms with Gasteiger partial charge < -0.3 is 0 Å². The number of aromatic nitrogens is 5. The van der Waals surface area contributed by atoms with Crippen LogP contribution in [-0.4, -0.2) is 24.5 Å². The van der Waals surface area contributed by atoms with Crippen LogP contribution in [0.5, 0.6) is 0 Å². The van der Waals surface area contributed by atoms with Gasteiger partial charge in [0.25, 0.3) is 5.56 Å². The van der Waals surface area contributed by atoms with Gasteiger partial charge in [0.1, 0.15) is 5.52 Å². The summed E-state index contributed by atoms with van der Waals surface area (Å²) in [5, 5.41) is 9.56. The van der Waals surface area contributed by atoms with Gasteiger partial charge in [-0.3, -0.25) is 9.78 Å². The van der Waals surface area contributed by atoms with Gasteiger partial charge in [0.05, 0.1) is 29.8 Å². The number of hydrogen-bond acceptors (Lipinski definition) is 4. The Labute approximate surface area is 138 Å². The van der Waals surface area contributed by atoms with Gasteiger partial charge in [-0.05, 0) is 31.2 Å². The Bertz CT molecular complexity index is 1050. The highest BCUT2D eigenvalue weighted by Crippen LogP contribution is 2.17. The molecule has 0 bridgehead atoms. The van der Waals surface area contributed by atoms with Crippen molar-refractivity contribution in [2.24, 2.45) is 0 Å². The first-order chi connectivity index (χ1) is 11.7. The minimum atomic E-state index is -0.178. The van der Waals surface area contributed by atoms with E-state index in [2.05, 4.69) is 15.2 Å². The van der Waals surface area contributed by atoms with Crippen molar-refractivity contribution in [1.29, 1.82) is 0 Å². The molecule has 0 amide bonds. The molecule has 0 atom stereocenters. The largest absolute Gasteiger partial charge is 0.293 e. The second-order valence-corrected chi connectivity index (χ2v) is 5.52. The predicted octanol–water partition coefficient (Wildman–Crippen LogP) is 2.33. The van der Waals surface area contributed by atoms with Crippen LogP contribution in [0, 0.1) is 6.92 Å². The molecule has 0 aliphatic rings. The molecule has 4 aromatic rings. The number of pyridine rings is 1. The zero-order valence-electron chi connectivity index (χ0n) is 13.1. The molecular weight excluding hydrogens is 302 g/mol. The Morgan fingerprint density at radius 1 is 1.04 bits per heavy atom. The Hall–Kier alpha value is -3.28. The van der Waals surface area contributed by atoms with E-state index in [4.69, 9.17) is 0 Å². The van der Waals surface area contributed by atoms with Crippen LogP contribution in [0.1, 0.15) is 11.4 Å². The van der Waals surface area contributed by atoms with Crippen molar-refractivity contribution in [3.8, 4) is 5.69 Å². The van der Waals surface area contributed by atoms with E-state index >= 15 is 0 Å². The average Bonchev–Trinajstić information content (AvgIpc) is 3.07. The maximum Gasteiger partial charge on any atom is 0.293 e. The van der Waals surface area contributed by atoms with Crippen LogP contribution in [0.3, 0.4) is 0 Å². The van der Waals surface area contributed by atoms with Gasteiger partial charge in [0.15, 0.2) is 0 Å². The normalized spacial score (nSPS) is 11.0. The zero-order chi connectivity index (χ0) is 16.5. The van der Waals surface area contributed by atoms with E-state index in [0.29, 0.717) is 12.1 Å². The molecule has 3 heterocycles. The summed E-state index contributed by atoms with van der Waals surface area (Å²) in [5.74, 6) is 0. The monoisotopic (exact) mass is 317 g/mol. The van der Waals surface area contributed by atoms with E-state index in [1.54, 1.807) is 17.1 Å². The molecule has 0 fully saturated rings. The molecule has 118 valence electrons. The number of aryl methyl sites for hydroxylation is 1. The highest BCUT2D eigenvalue weighted by Gasteiger charge is 2.15. The van der Waals surface area contributed by atoms with E-state index in [0.717, 1.165) is 22.5 Å². The van der Waals surface area contributed by atoms with Gasteiger partial charge in [0.2, 0.25) is 0 Å². The molecule has 6 nitrogen and oxygen atoms in total. The lowest BCUT2D eigenvalue weighted by Gasteiger charge is -2.08. The van der Waals surface area contributed by atoms with E-state index in [1.807, 2.05) is 55.5 Å². The van der Waals surface area contributed by atoms with E-state index < -0.39 is 0 Å². The number of hydrogen-bond donors (Lipinski definition) is 0. The van der Waals surface area contributed by atoms with Crippen LogP contribution < -0.4 is 5.56 Å². The van der Waals surface area contributed by atoms with Gasteiger partial charge in [-0.15, -0.1) is 0 Å². The Morgan fingerprint density at radius 2 is 1.83 bits per heavy atom. The van der Waals surface area contributed by atoms with Crippen molar-refractivity contribution in [3.63, 3.8) is 0 Å². The number of nitrogens with zero attached hydrogens (tertiary/aromatic N) is 5. The fourth-order valence-corrected chi connectivity index (χ4v) is 2.74. The van der Waals surface area contributed by atoms with Crippen LogP contribution in [0.15, 0.2) is 65.7 Å². The van der Waals surface area contributed by atoms with E-state index in [9.17, 15) is 4.79 Å². The first-order valence-corrected chi connectivity index (χ1v) is 7.65. The smallest absolute Gasteiger partial charge is 0.265 e. The van der Waals surface area contributed by atoms with Crippen molar-refractivity contribution in [2.45, 2.75) is 13.5 Å². The third-order valence-corrected chi connectivity index (χ3v) is 3.91. The molecule has 0 N–H and O–H groups in total. The Kier molecular flexibility index (Phi) is 3.42. The second kappa shape index (κ2) is 5.73. The third kappa shape index (κ3) is 2.38. The summed E-state index contributed by atoms with van der Waals surface area (Å²) in [6, 6.07) is 15.2. The van der Waals surface area contributed by atoms with Crippen LogP contribution in [-0.2, 0) is 6.54 Å². The minimum Gasteiger partial charge on any atom is -0.265 e. The molecule has 3 aromatic heterocycles. The molecule has 0 unspecified atom stereocenters. The lowest BCUT2D eigenvalue weighted by Crippen LogP contribution is -2.26. The first kappa shape index (κ1) is 14.3. The molecule has 6 heteroatoms. The zero-order valence-corrected chi connectivity index (χ0v) is 13.1. The number of fused-ring (bicyclic) bond motifs is 1. The van der Waals surface area contributed by atoms with Gasteiger partial charge >= 0.3 is 0 Å². The average molecular weight is 317 g/mol. The predicted molar refractivity (Wildman–Crippen MR) is 91.2 cm³/mol. The molecule has 0 radical (unpaired) electrons. The minimum absolute atomic E-state index is 0.178. The van der Waals surface area contributed by atoms with Gasteiger partial charge in [-0.2, -0.15) is 10.2 Å². The van der Waals surface area contributed by atoms with Crippen LogP contribution in [0.2, 0.25) is 0 Å². The molecular formula is C18H15N5O. The fourth-order valence-electron chi connectivity index (χ4n) is 2.74. The third-order valence-electron chi connectivity index (χ3n) is 3.91. The highest BCUT2D eigenvalue weighted by molar-refractivity contribution is 5.81. The van der Waals surface area contributed by atoms with Crippen molar-refractivity contribution < 1.29 is 0 Å². The number of para-hydroxylation sites is 1. The summed E-state index contributed by atoms with van der Waals surface area (Å²) in [6.45, 7) is 2.21. The van der Waals surface area contributed by atoms with Crippen molar-refractivity contribution >= 4 is 10.9 Å². The molecule has 24 heavy (non-hydrogen) atoms. The standard InChI is InChI=1S/C18H15N5O/c1-13-16-11-20-23(15-8-3-2-4-9-15)17(16)18(24)22(21-13)12-14-7-5-6-10-19-14/h2-11H,12H2,1H3. The summed E-state index contributed by atoms with van der Waals surface area (Å²) in [5.41, 5.74) is 2.76.